The van der Waals surface area contributed by atoms with E-state index in [2.05, 4.69) is 4.72 Å². The Morgan fingerprint density at radius 3 is 2.60 bits per heavy atom. The molecule has 112 valence electrons. The first-order chi connectivity index (χ1) is 9.19. The zero-order valence-electron chi connectivity index (χ0n) is 11.6. The highest BCUT2D eigenvalue weighted by atomic mass is 32.2. The average molecular weight is 303 g/mol. The summed E-state index contributed by atoms with van der Waals surface area (Å²) < 4.78 is 39.4. The second kappa shape index (κ2) is 6.19. The Morgan fingerprint density at radius 2 is 2.10 bits per heavy atom. The van der Waals surface area contributed by atoms with Gasteiger partial charge in [-0.05, 0) is 32.0 Å². The second-order valence-electron chi connectivity index (χ2n) is 4.38. The van der Waals surface area contributed by atoms with Crippen LogP contribution < -0.4 is 10.5 Å². The molecule has 0 saturated carbocycles. The van der Waals surface area contributed by atoms with E-state index in [1.165, 1.54) is 11.8 Å². The molecule has 0 radical (unpaired) electrons. The number of nitrogens with zero attached hydrogens (tertiary/aromatic N) is 1. The third-order valence-electron chi connectivity index (χ3n) is 2.81. The fraction of sp³-hybridized carbons (Fsp3) is 0.417. The molecule has 1 atom stereocenters. The highest BCUT2D eigenvalue weighted by Gasteiger charge is 2.25. The minimum Gasteiger partial charge on any atom is -0.398 e. The van der Waals surface area contributed by atoms with E-state index in [1.807, 2.05) is 0 Å². The number of nitrogens with one attached hydrogen (secondary N) is 1. The van der Waals surface area contributed by atoms with Crippen LogP contribution in [0.5, 0.6) is 0 Å². The molecule has 8 heteroatoms. The highest BCUT2D eigenvalue weighted by molar-refractivity contribution is 7.89. The third kappa shape index (κ3) is 3.67. The number of rotatable bonds is 5. The number of hydrogen-bond acceptors (Lipinski definition) is 4. The minimum atomic E-state index is -3.98. The molecule has 0 spiro atoms. The van der Waals surface area contributed by atoms with Gasteiger partial charge < -0.3 is 10.6 Å². The summed E-state index contributed by atoms with van der Waals surface area (Å²) in [4.78, 5) is 13.0. The van der Waals surface area contributed by atoms with Crippen molar-refractivity contribution in [2.24, 2.45) is 0 Å². The van der Waals surface area contributed by atoms with E-state index < -0.39 is 21.9 Å². The predicted octanol–water partition coefficient (Wildman–Crippen LogP) is 0.553. The number of nitrogens with two attached hydrogens (primary N) is 1. The summed E-state index contributed by atoms with van der Waals surface area (Å²) >= 11 is 0. The molecule has 0 aliphatic heterocycles. The van der Waals surface area contributed by atoms with Crippen molar-refractivity contribution in [3.63, 3.8) is 0 Å². The van der Waals surface area contributed by atoms with Gasteiger partial charge in [-0.15, -0.1) is 0 Å². The van der Waals surface area contributed by atoms with E-state index in [1.54, 1.807) is 14.0 Å². The molecule has 0 heterocycles. The number of halogens is 1. The normalized spacial score (nSPS) is 13.0. The quantitative estimate of drug-likeness (QED) is 0.777. The van der Waals surface area contributed by atoms with Gasteiger partial charge in [0.05, 0.1) is 11.7 Å². The van der Waals surface area contributed by atoms with Crippen LogP contribution in [0.4, 0.5) is 10.1 Å². The van der Waals surface area contributed by atoms with Crippen molar-refractivity contribution in [3.8, 4) is 0 Å². The molecule has 0 aliphatic carbocycles. The van der Waals surface area contributed by atoms with Crippen molar-refractivity contribution < 1.29 is 17.6 Å². The van der Waals surface area contributed by atoms with Crippen LogP contribution in [0.2, 0.25) is 0 Å². The number of nitrogen functional groups attached to an aromatic ring is 1. The molecule has 0 aliphatic rings. The maximum absolute atomic E-state index is 12.9. The van der Waals surface area contributed by atoms with E-state index in [0.29, 0.717) is 6.54 Å². The monoisotopic (exact) mass is 303 g/mol. The molecule has 1 unspecified atom stereocenters. The Kier molecular flexibility index (Phi) is 5.07. The number of hydrogen-bond donors (Lipinski definition) is 2. The second-order valence-corrected chi connectivity index (χ2v) is 6.06. The summed E-state index contributed by atoms with van der Waals surface area (Å²) in [5.74, 6) is -0.993. The first kappa shape index (κ1) is 16.4. The van der Waals surface area contributed by atoms with Gasteiger partial charge in [0.1, 0.15) is 10.7 Å². The Labute approximate surface area is 117 Å². The van der Waals surface area contributed by atoms with Crippen molar-refractivity contribution in [2.75, 3.05) is 19.3 Å². The molecule has 1 amide bonds. The molecule has 3 N–H and O–H groups in total. The van der Waals surface area contributed by atoms with Crippen LogP contribution in [0.1, 0.15) is 13.8 Å². The summed E-state index contributed by atoms with van der Waals surface area (Å²) in [6, 6.07) is 2.04. The highest BCUT2D eigenvalue weighted by Crippen LogP contribution is 2.19. The smallest absolute Gasteiger partial charge is 0.243 e. The van der Waals surface area contributed by atoms with Gasteiger partial charge >= 0.3 is 0 Å². The summed E-state index contributed by atoms with van der Waals surface area (Å²) in [6.45, 7) is 3.67. The van der Waals surface area contributed by atoms with Gasteiger partial charge in [-0.25, -0.2) is 12.8 Å². The van der Waals surface area contributed by atoms with Crippen molar-refractivity contribution in [3.05, 3.63) is 24.0 Å². The van der Waals surface area contributed by atoms with Crippen LogP contribution in [-0.4, -0.2) is 38.9 Å². The lowest BCUT2D eigenvalue weighted by Gasteiger charge is -2.20. The van der Waals surface area contributed by atoms with E-state index in [4.69, 9.17) is 5.73 Å². The number of amides is 1. The maximum atomic E-state index is 12.9. The fourth-order valence-electron chi connectivity index (χ4n) is 1.60. The van der Waals surface area contributed by atoms with Crippen LogP contribution in [0.15, 0.2) is 23.1 Å². The van der Waals surface area contributed by atoms with Gasteiger partial charge in [-0.3, -0.25) is 4.79 Å². The lowest BCUT2D eigenvalue weighted by atomic mass is 10.3. The average Bonchev–Trinajstić information content (AvgIpc) is 2.35. The van der Waals surface area contributed by atoms with Gasteiger partial charge in [-0.2, -0.15) is 4.72 Å². The molecule has 1 aromatic carbocycles. The molecule has 1 rings (SSSR count). The molecular weight excluding hydrogens is 285 g/mol. The van der Waals surface area contributed by atoms with E-state index in [-0.39, 0.29) is 16.5 Å². The van der Waals surface area contributed by atoms with Crippen molar-refractivity contribution in [1.82, 2.24) is 9.62 Å². The summed E-state index contributed by atoms with van der Waals surface area (Å²) in [6.07, 6.45) is 0. The topological polar surface area (TPSA) is 92.5 Å². The largest absolute Gasteiger partial charge is 0.398 e. The molecule has 0 aromatic heterocycles. The van der Waals surface area contributed by atoms with Gasteiger partial charge in [0, 0.05) is 13.6 Å². The lowest BCUT2D eigenvalue weighted by Crippen LogP contribution is -2.45. The first-order valence-electron chi connectivity index (χ1n) is 6.01. The SMILES string of the molecule is CCN(C)C(=O)C(C)NS(=O)(=O)c1ccc(F)cc1N. The van der Waals surface area contributed by atoms with Crippen molar-refractivity contribution in [2.45, 2.75) is 24.8 Å². The van der Waals surface area contributed by atoms with E-state index >= 15 is 0 Å². The van der Waals surface area contributed by atoms with Gasteiger partial charge in [-0.1, -0.05) is 0 Å². The number of anilines is 1. The third-order valence-corrected chi connectivity index (χ3v) is 4.43. The molecule has 6 nitrogen and oxygen atoms in total. The van der Waals surface area contributed by atoms with Gasteiger partial charge in [0.25, 0.3) is 0 Å². The standard InChI is InChI=1S/C12H18FN3O3S/c1-4-16(3)12(17)8(2)15-20(18,19)11-6-5-9(13)7-10(11)14/h5-8,15H,4,14H2,1-3H3. The van der Waals surface area contributed by atoms with Crippen LogP contribution in [-0.2, 0) is 14.8 Å². The summed E-state index contributed by atoms with van der Waals surface area (Å²) in [5.41, 5.74) is 5.28. The molecule has 20 heavy (non-hydrogen) atoms. The molecule has 0 bridgehead atoms. The summed E-state index contributed by atoms with van der Waals surface area (Å²) in [7, 11) is -2.41. The molecule has 0 fully saturated rings. The van der Waals surface area contributed by atoms with Crippen LogP contribution in [0.25, 0.3) is 0 Å². The molecular formula is C12H18FN3O3S. The Hall–Kier alpha value is -1.67. The van der Waals surface area contributed by atoms with Gasteiger partial charge in [0.15, 0.2) is 0 Å². The number of likely N-dealkylation sites (N-methyl/N-ethyl adjacent to an activating group) is 1. The molecule has 0 saturated heterocycles. The number of carbonyl (C=O) groups is 1. The molecule has 1 aromatic rings. The van der Waals surface area contributed by atoms with Crippen molar-refractivity contribution >= 4 is 21.6 Å². The lowest BCUT2D eigenvalue weighted by molar-refractivity contribution is -0.131. The van der Waals surface area contributed by atoms with E-state index in [9.17, 15) is 17.6 Å². The van der Waals surface area contributed by atoms with Crippen LogP contribution in [0, 0.1) is 5.82 Å². The maximum Gasteiger partial charge on any atom is 0.243 e. The Bertz CT molecular complexity index is 604. The number of carbonyl (C=O) groups excluding carboxylic acids is 1. The van der Waals surface area contributed by atoms with E-state index in [0.717, 1.165) is 18.2 Å². The minimum absolute atomic E-state index is 0.207. The first-order valence-corrected chi connectivity index (χ1v) is 7.49. The zero-order valence-corrected chi connectivity index (χ0v) is 12.4. The van der Waals surface area contributed by atoms with Crippen LogP contribution >= 0.6 is 0 Å². The zero-order chi connectivity index (χ0) is 15.5. The Morgan fingerprint density at radius 1 is 1.50 bits per heavy atom. The fourth-order valence-corrected chi connectivity index (χ4v) is 2.91. The predicted molar refractivity (Wildman–Crippen MR) is 73.9 cm³/mol. The summed E-state index contributed by atoms with van der Waals surface area (Å²) in [5, 5.41) is 0. The number of sulfonamides is 1. The van der Waals surface area contributed by atoms with Crippen LogP contribution in [0.3, 0.4) is 0 Å². The van der Waals surface area contributed by atoms with Gasteiger partial charge in [0.2, 0.25) is 15.9 Å². The Balaban J connectivity index is 2.98. The van der Waals surface area contributed by atoms with Crippen molar-refractivity contribution in [1.29, 1.82) is 0 Å². The number of benzene rings is 1.